The molecule has 0 heterocycles. The minimum absolute atomic E-state index is 0. The van der Waals surface area contributed by atoms with Crippen molar-refractivity contribution in [1.29, 1.82) is 0 Å². The second kappa shape index (κ2) is 8.04. The van der Waals surface area contributed by atoms with Crippen molar-refractivity contribution >= 4 is 69.0 Å². The molecule has 0 saturated heterocycles. The molecule has 0 amide bonds. The molecule has 0 aromatic rings. The van der Waals surface area contributed by atoms with Gasteiger partial charge in [0.15, 0.2) is 5.03 Å². The average molecular weight is 190 g/mol. The first kappa shape index (κ1) is 13.5. The van der Waals surface area contributed by atoms with Gasteiger partial charge in [-0.1, -0.05) is 11.6 Å². The topological polar surface area (TPSA) is 46.5 Å². The second-order valence-electron chi connectivity index (χ2n) is 1.20. The molecule has 0 spiro atoms. The molecule has 0 atom stereocenters. The Hall–Kier alpha value is 0.936. The van der Waals surface area contributed by atoms with E-state index in [2.05, 4.69) is 4.74 Å². The number of esters is 1. The number of hydrogen-bond donors (Lipinski definition) is 1. The van der Waals surface area contributed by atoms with Crippen LogP contribution in [0.2, 0.25) is 0 Å². The Kier molecular flexibility index (Phi) is 10.9. The zero-order valence-corrected chi connectivity index (χ0v) is 9.81. The monoisotopic (exact) mass is 189 g/mol. The van der Waals surface area contributed by atoms with E-state index >= 15 is 0 Å². The van der Waals surface area contributed by atoms with Crippen molar-refractivity contribution in [3.05, 3.63) is 11.3 Å². The van der Waals surface area contributed by atoms with Gasteiger partial charge < -0.3 is 9.84 Å². The van der Waals surface area contributed by atoms with E-state index in [0.29, 0.717) is 6.26 Å². The van der Waals surface area contributed by atoms with Crippen LogP contribution in [0.4, 0.5) is 0 Å². The normalized spacial score (nSPS) is 10.0. The molecule has 5 heteroatoms. The van der Waals surface area contributed by atoms with Crippen molar-refractivity contribution in [3.8, 4) is 0 Å². The molecule has 0 aromatic carbocycles. The number of ether oxygens (including phenoxy) is 1. The van der Waals surface area contributed by atoms with Gasteiger partial charge in [0.05, 0.1) is 6.61 Å². The van der Waals surface area contributed by atoms with Crippen molar-refractivity contribution in [2.45, 2.75) is 6.92 Å². The van der Waals surface area contributed by atoms with Crippen LogP contribution in [0.15, 0.2) is 11.3 Å². The second-order valence-corrected chi connectivity index (χ2v) is 1.60. The smallest absolute Gasteiger partial charge is 0.352 e. The molecular formula is C5H7ClKO3. The summed E-state index contributed by atoms with van der Waals surface area (Å²) >= 11 is 5.13. The van der Waals surface area contributed by atoms with Gasteiger partial charge in [0.2, 0.25) is 0 Å². The minimum atomic E-state index is -0.707. The molecule has 0 aliphatic heterocycles. The third-order valence-electron chi connectivity index (χ3n) is 0.584. The summed E-state index contributed by atoms with van der Waals surface area (Å²) in [5, 5.41) is 7.83. The maximum absolute atomic E-state index is 10.4. The van der Waals surface area contributed by atoms with Crippen molar-refractivity contribution in [3.63, 3.8) is 0 Å². The molecular weight excluding hydrogens is 183 g/mol. The standard InChI is InChI=1S/C5H7ClO3.K/c1-2-9-5(8)4(6)3-7;/h3,7H,2H2,1H3;. The average Bonchev–Trinajstić information content (AvgIpc) is 1.87. The number of aliphatic hydroxyl groups is 1. The van der Waals surface area contributed by atoms with Crippen LogP contribution in [0.5, 0.6) is 0 Å². The Labute approximate surface area is 107 Å². The Bertz CT molecular complexity index is 135. The van der Waals surface area contributed by atoms with E-state index in [4.69, 9.17) is 16.7 Å². The zero-order valence-electron chi connectivity index (χ0n) is 5.93. The summed E-state index contributed by atoms with van der Waals surface area (Å²) in [4.78, 5) is 10.4. The van der Waals surface area contributed by atoms with Crippen molar-refractivity contribution in [2.24, 2.45) is 0 Å². The van der Waals surface area contributed by atoms with Crippen LogP contribution in [0.3, 0.4) is 0 Å². The third kappa shape index (κ3) is 5.70. The number of rotatable bonds is 2. The van der Waals surface area contributed by atoms with Gasteiger partial charge in [0, 0.05) is 51.4 Å². The first-order chi connectivity index (χ1) is 4.22. The Morgan fingerprint density at radius 2 is 2.30 bits per heavy atom. The molecule has 0 saturated carbocycles. The van der Waals surface area contributed by atoms with Crippen LogP contribution in [0, 0.1) is 0 Å². The van der Waals surface area contributed by atoms with Gasteiger partial charge in [0.1, 0.15) is 6.26 Å². The fraction of sp³-hybridized carbons (Fsp3) is 0.400. The minimum Gasteiger partial charge on any atom is -0.514 e. The largest absolute Gasteiger partial charge is 0.514 e. The van der Waals surface area contributed by atoms with E-state index in [1.807, 2.05) is 0 Å². The van der Waals surface area contributed by atoms with E-state index in [0.717, 1.165) is 0 Å². The van der Waals surface area contributed by atoms with Crippen molar-refractivity contribution in [2.75, 3.05) is 6.61 Å². The zero-order chi connectivity index (χ0) is 7.28. The summed E-state index contributed by atoms with van der Waals surface area (Å²) in [5.41, 5.74) is 0. The molecule has 0 rings (SSSR count). The Morgan fingerprint density at radius 3 is 2.60 bits per heavy atom. The fourth-order valence-electron chi connectivity index (χ4n) is 0.253. The number of carbonyl (C=O) groups is 1. The fourth-order valence-corrected chi connectivity index (χ4v) is 0.307. The van der Waals surface area contributed by atoms with Crippen LogP contribution in [0.25, 0.3) is 0 Å². The molecule has 1 radical (unpaired) electrons. The van der Waals surface area contributed by atoms with Crippen LogP contribution in [-0.4, -0.2) is 69.1 Å². The van der Waals surface area contributed by atoms with Gasteiger partial charge >= 0.3 is 5.97 Å². The van der Waals surface area contributed by atoms with E-state index < -0.39 is 5.97 Å². The summed E-state index contributed by atoms with van der Waals surface area (Å²) in [6, 6.07) is 0. The molecule has 0 bridgehead atoms. The molecule has 0 aliphatic carbocycles. The molecule has 3 nitrogen and oxygen atoms in total. The molecule has 0 fully saturated rings. The third-order valence-corrected chi connectivity index (χ3v) is 0.836. The van der Waals surface area contributed by atoms with E-state index in [1.165, 1.54) is 0 Å². The van der Waals surface area contributed by atoms with Crippen LogP contribution >= 0.6 is 11.6 Å². The van der Waals surface area contributed by atoms with Gasteiger partial charge in [-0.2, -0.15) is 0 Å². The van der Waals surface area contributed by atoms with Gasteiger partial charge in [-0.3, -0.25) is 0 Å². The van der Waals surface area contributed by atoms with Gasteiger partial charge in [-0.25, -0.2) is 4.79 Å². The molecule has 53 valence electrons. The quantitative estimate of drug-likeness (QED) is 0.303. The summed E-state index contributed by atoms with van der Waals surface area (Å²) in [6.07, 6.45) is 0.500. The number of halogens is 1. The first-order valence-electron chi connectivity index (χ1n) is 2.39. The summed E-state index contributed by atoms with van der Waals surface area (Å²) < 4.78 is 4.40. The maximum Gasteiger partial charge on any atom is 0.352 e. The maximum atomic E-state index is 10.4. The van der Waals surface area contributed by atoms with Gasteiger partial charge in [-0.15, -0.1) is 0 Å². The predicted molar refractivity (Wildman–Crippen MR) is 39.0 cm³/mol. The van der Waals surface area contributed by atoms with E-state index in [1.54, 1.807) is 6.92 Å². The first-order valence-corrected chi connectivity index (χ1v) is 2.77. The summed E-state index contributed by atoms with van der Waals surface area (Å²) in [7, 11) is 0. The summed E-state index contributed by atoms with van der Waals surface area (Å²) in [6.45, 7) is 1.91. The van der Waals surface area contributed by atoms with E-state index in [9.17, 15) is 4.79 Å². The SMILES string of the molecule is CCOC(=O)C(Cl)=CO.[K]. The number of carbonyl (C=O) groups excluding carboxylic acids is 1. The molecule has 0 unspecified atom stereocenters. The molecule has 1 N–H and O–H groups in total. The predicted octanol–water partition coefficient (Wildman–Crippen LogP) is 0.807. The number of hydrogen-bond acceptors (Lipinski definition) is 3. The molecule has 0 aromatic heterocycles. The molecule has 0 aliphatic rings. The van der Waals surface area contributed by atoms with Gasteiger partial charge in [0.25, 0.3) is 0 Å². The summed E-state index contributed by atoms with van der Waals surface area (Å²) in [5.74, 6) is -0.707. The number of aliphatic hydroxyl groups excluding tert-OH is 1. The van der Waals surface area contributed by atoms with Crippen LogP contribution < -0.4 is 0 Å². The van der Waals surface area contributed by atoms with Crippen LogP contribution in [-0.2, 0) is 9.53 Å². The Morgan fingerprint density at radius 1 is 1.80 bits per heavy atom. The molecule has 10 heavy (non-hydrogen) atoms. The van der Waals surface area contributed by atoms with Crippen molar-refractivity contribution in [1.82, 2.24) is 0 Å². The van der Waals surface area contributed by atoms with E-state index in [-0.39, 0.29) is 63.0 Å². The van der Waals surface area contributed by atoms with Crippen LogP contribution in [0.1, 0.15) is 6.92 Å². The Balaban J connectivity index is 0. The van der Waals surface area contributed by atoms with Gasteiger partial charge in [-0.05, 0) is 6.92 Å². The van der Waals surface area contributed by atoms with Crippen molar-refractivity contribution < 1.29 is 14.6 Å².